The smallest absolute Gasteiger partial charge is 0.0463 e. The lowest BCUT2D eigenvalue weighted by molar-refractivity contribution is 0.197. The van der Waals surface area contributed by atoms with Crippen LogP contribution >= 0.6 is 0 Å². The van der Waals surface area contributed by atoms with E-state index in [1.54, 1.807) is 7.11 Å². The molecule has 0 bridgehead atoms. The molecule has 0 aliphatic rings. The van der Waals surface area contributed by atoms with Crippen LogP contribution in [-0.4, -0.2) is 20.3 Å². The van der Waals surface area contributed by atoms with Crippen LogP contribution in [0.2, 0.25) is 0 Å². The van der Waals surface area contributed by atoms with Crippen molar-refractivity contribution in [3.05, 3.63) is 10.4 Å². The van der Waals surface area contributed by atoms with Crippen LogP contribution in [0, 0.1) is 0 Å². The van der Waals surface area contributed by atoms with Crippen LogP contribution in [0.15, 0.2) is 5.11 Å². The molecule has 0 saturated heterocycles. The van der Waals surface area contributed by atoms with Crippen molar-refractivity contribution in [2.45, 2.75) is 6.42 Å². The fraction of sp³-hybridized carbons (Fsp3) is 1.00. The Morgan fingerprint density at radius 1 is 2.00 bits per heavy atom. The van der Waals surface area contributed by atoms with Crippen molar-refractivity contribution in [2.75, 3.05) is 20.3 Å². The van der Waals surface area contributed by atoms with Gasteiger partial charge in [0.1, 0.15) is 0 Å². The van der Waals surface area contributed by atoms with Crippen LogP contribution in [0.3, 0.4) is 0 Å². The van der Waals surface area contributed by atoms with Crippen molar-refractivity contribution in [3.63, 3.8) is 0 Å². The maximum Gasteiger partial charge on any atom is 0.0463 e. The summed E-state index contributed by atoms with van der Waals surface area (Å²) in [5, 5.41) is 3.31. The highest BCUT2D eigenvalue weighted by atomic mass is 16.5. The zero-order valence-electron chi connectivity index (χ0n) is 14.9. The second-order valence-electron chi connectivity index (χ2n) is 1.30. The molecule has 8 heavy (non-hydrogen) atoms. The molecule has 0 aromatic rings. The highest BCUT2D eigenvalue weighted by Gasteiger charge is 1.79. The fourth-order valence-electron chi connectivity index (χ4n) is 0.324. The summed E-state index contributed by atoms with van der Waals surface area (Å²) in [6, 6.07) is 0. The van der Waals surface area contributed by atoms with Gasteiger partial charge in [0.25, 0.3) is 0 Å². The highest BCUT2D eigenvalue weighted by molar-refractivity contribution is 4.44. The second-order valence-corrected chi connectivity index (χ2v) is 1.30. The van der Waals surface area contributed by atoms with Gasteiger partial charge in [-0.25, -0.2) is 0 Å². The first-order valence-electron chi connectivity index (χ1n) is 7.41. The lowest BCUT2D eigenvalue weighted by Crippen LogP contribution is -1.89. The first-order valence-corrected chi connectivity index (χ1v) is 2.41. The van der Waals surface area contributed by atoms with E-state index in [4.69, 9.17) is 25.1 Å². The average molecular weight is 138 g/mol. The quantitative estimate of drug-likeness (QED) is 0.255. The predicted octanol–water partition coefficient (Wildman–Crippen LogP) is 2.81. The number of hydrogen-bond acceptors (Lipinski definition) is 2. The van der Waals surface area contributed by atoms with Gasteiger partial charge >= 0.3 is 0 Å². The molecule has 0 heterocycles. The van der Waals surface area contributed by atoms with E-state index in [1.165, 1.54) is 0 Å². The largest absolute Gasteiger partial charge is 0.385 e. The van der Waals surface area contributed by atoms with Gasteiger partial charge in [-0.15, -0.1) is 0 Å². The zero-order chi connectivity index (χ0) is 16.2. The molecule has 0 aromatic heterocycles. The highest BCUT2D eigenvalue weighted by Crippen LogP contribution is 1.80. The Kier molecular flexibility index (Phi) is 1.76. The molecule has 0 N–H and O–H groups in total. The van der Waals surface area contributed by atoms with E-state index in [1.807, 2.05) is 0 Å². The Balaban J connectivity index is -0.0000000223. The summed E-state index contributed by atoms with van der Waals surface area (Å²) < 4.78 is 54.7. The number of hydrogen-bond donors (Lipinski definition) is 0. The molecule has 4 heteroatoms. The molecule has 4 nitrogen and oxygen atoms in total. The molecule has 0 amide bonds. The molecule has 0 fully saturated rings. The van der Waals surface area contributed by atoms with Crippen LogP contribution in [-0.2, 0) is 4.74 Å². The number of ether oxygens (including phenoxy) is 1. The summed E-state index contributed by atoms with van der Waals surface area (Å²) in [6.07, 6.45) is 0.806. The van der Waals surface area contributed by atoms with E-state index < -0.39 is 0 Å². The summed E-state index contributed by atoms with van der Waals surface area (Å²) in [5.74, 6) is 0. The monoisotopic (exact) mass is 138 g/mol. The van der Waals surface area contributed by atoms with Gasteiger partial charge in [0.15, 0.2) is 0 Å². The molecule has 0 aromatic carbocycles. The number of nitrogens with zero attached hydrogens (tertiary/aromatic N) is 3. The predicted molar refractivity (Wildman–Crippen MR) is 43.2 cm³/mol. The Bertz CT molecular complexity index is 106. The minimum Gasteiger partial charge on any atom is -0.385 e. The third-order valence-corrected chi connectivity index (χ3v) is 0.670. The number of rotatable bonds is 4. The third-order valence-electron chi connectivity index (χ3n) is 0.670. The maximum atomic E-state index is 7.78. The van der Waals surface area contributed by atoms with Crippen LogP contribution in [0.4, 0.5) is 0 Å². The normalized spacial score (nSPS) is 13.1. The Morgan fingerprint density at radius 2 is 2.75 bits per heavy atom. The van der Waals surface area contributed by atoms with Gasteiger partial charge in [-0.2, -0.15) is 0 Å². The van der Waals surface area contributed by atoms with Crippen molar-refractivity contribution >= 4 is 0 Å². The van der Waals surface area contributed by atoms with Gasteiger partial charge in [0, 0.05) is 41.4 Å². The number of methoxy groups -OCH3 is 1. The Morgan fingerprint density at radius 3 is 3.25 bits per heavy atom. The SMILES string of the molecule is COCCCN=[N+]=[N-].[2HH].[2H][2H].[2H][2H].[2H][2H].[2H][2H].[2H][2H]. The van der Waals surface area contributed by atoms with Gasteiger partial charge in [0.05, 0.1) is 0 Å². The van der Waals surface area contributed by atoms with E-state index in [-0.39, 0.29) is 1.43 Å². The van der Waals surface area contributed by atoms with E-state index in [0.29, 0.717) is 13.2 Å². The summed E-state index contributed by atoms with van der Waals surface area (Å²) in [5.41, 5.74) is 7.78. The minimum atomic E-state index is 0. The van der Waals surface area contributed by atoms with Crippen LogP contribution < -0.4 is 0 Å². The van der Waals surface area contributed by atoms with Crippen molar-refractivity contribution in [2.24, 2.45) is 5.11 Å². The summed E-state index contributed by atoms with van der Waals surface area (Å²) in [4.78, 5) is 2.58. The van der Waals surface area contributed by atoms with E-state index in [0.717, 1.165) is 6.42 Å². The molecule has 0 rings (SSSR count). The average Bonchev–Trinajstić information content (AvgIpc) is 2.54. The molecule has 0 atom stereocenters. The minimum absolute atomic E-state index is 0. The van der Waals surface area contributed by atoms with E-state index >= 15 is 0 Å². The van der Waals surface area contributed by atoms with E-state index in [2.05, 4.69) is 10.0 Å². The molecule has 0 aliphatic heterocycles. The fourth-order valence-corrected chi connectivity index (χ4v) is 0.324. The molecule has 0 aliphatic carbocycles. The Hall–Kier alpha value is -0.730. The lowest BCUT2D eigenvalue weighted by atomic mass is 10.5. The van der Waals surface area contributed by atoms with Crippen LogP contribution in [0.1, 0.15) is 22.7 Å². The molecular formula is C4H21N3O. The topological polar surface area (TPSA) is 58.0 Å². The molecule has 0 radical (unpaired) electrons. The van der Waals surface area contributed by atoms with Gasteiger partial charge < -0.3 is 4.74 Å². The van der Waals surface area contributed by atoms with Gasteiger partial charge in [-0.3, -0.25) is 0 Å². The molecule has 0 unspecified atom stereocenters. The molecule has 0 spiro atoms. The first kappa shape index (κ1) is 2.25. The summed E-state index contributed by atoms with van der Waals surface area (Å²) >= 11 is 0. The summed E-state index contributed by atoms with van der Waals surface area (Å²) in [7, 11) is 1.62. The Labute approximate surface area is 65.0 Å². The van der Waals surface area contributed by atoms with Gasteiger partial charge in [-0.1, -0.05) is 5.11 Å². The molecule has 58 valence electrons. The second kappa shape index (κ2) is 6.27. The van der Waals surface area contributed by atoms with Gasteiger partial charge in [-0.05, 0) is 12.0 Å². The van der Waals surface area contributed by atoms with Crippen molar-refractivity contribution in [1.82, 2.24) is 0 Å². The van der Waals surface area contributed by atoms with Crippen molar-refractivity contribution in [1.29, 1.82) is 0 Å². The van der Waals surface area contributed by atoms with Gasteiger partial charge in [0.2, 0.25) is 0 Å². The lowest BCUT2D eigenvalue weighted by Gasteiger charge is -1.89. The van der Waals surface area contributed by atoms with Crippen molar-refractivity contribution < 1.29 is 21.0 Å². The molecular weight excluding hydrogens is 106 g/mol. The maximum absolute atomic E-state index is 7.78. The zero-order valence-corrected chi connectivity index (χ0v) is 4.87. The van der Waals surface area contributed by atoms with E-state index in [9.17, 15) is 0 Å². The summed E-state index contributed by atoms with van der Waals surface area (Å²) in [6.45, 7) is 1.20. The van der Waals surface area contributed by atoms with Crippen LogP contribution in [0.5, 0.6) is 0 Å². The number of azide groups is 1. The van der Waals surface area contributed by atoms with Crippen LogP contribution in [0.25, 0.3) is 10.4 Å². The molecule has 0 saturated carbocycles. The first-order chi connectivity index (χ1) is 8.91. The van der Waals surface area contributed by atoms with Crippen molar-refractivity contribution in [3.8, 4) is 0 Å². The third kappa shape index (κ3) is 5.27. The standard InChI is InChI=1S/C4H9N3O.6H2/c1-8-4-2-3-6-7-5;;;;;;/h2-4H2,1H3;6*1H/i;5*1+1D;1+1.